The van der Waals surface area contributed by atoms with Crippen molar-refractivity contribution < 1.29 is 4.39 Å². The molecule has 120 valence electrons. The van der Waals surface area contributed by atoms with Crippen LogP contribution in [0, 0.1) is 17.2 Å². The molecule has 0 aliphatic heterocycles. The van der Waals surface area contributed by atoms with Crippen molar-refractivity contribution in [2.75, 3.05) is 0 Å². The average Bonchev–Trinajstić information content (AvgIpc) is 3.23. The van der Waals surface area contributed by atoms with Gasteiger partial charge in [-0.25, -0.2) is 4.39 Å². The lowest BCUT2D eigenvalue weighted by atomic mass is 9.88. The normalized spacial score (nSPS) is 17.1. The van der Waals surface area contributed by atoms with E-state index in [4.69, 9.17) is 0 Å². The summed E-state index contributed by atoms with van der Waals surface area (Å²) < 4.78 is 14.3. The summed E-state index contributed by atoms with van der Waals surface area (Å²) in [5.41, 5.74) is 4.48. The van der Waals surface area contributed by atoms with E-state index in [1.807, 2.05) is 12.1 Å². The molecule has 1 unspecified atom stereocenters. The van der Waals surface area contributed by atoms with Crippen molar-refractivity contribution in [3.63, 3.8) is 0 Å². The zero-order valence-corrected chi connectivity index (χ0v) is 14.3. The number of rotatable bonds is 8. The second kappa shape index (κ2) is 6.81. The zero-order chi connectivity index (χ0) is 16.3. The Morgan fingerprint density at radius 2 is 2.00 bits per heavy atom. The van der Waals surface area contributed by atoms with E-state index in [-0.39, 0.29) is 5.82 Å². The van der Waals surface area contributed by atoms with Gasteiger partial charge < -0.3 is 0 Å². The Morgan fingerprint density at radius 3 is 2.55 bits per heavy atom. The molecule has 0 aromatic heterocycles. The molecule has 0 nitrogen and oxygen atoms in total. The molecule has 1 saturated carbocycles. The van der Waals surface area contributed by atoms with E-state index in [1.54, 1.807) is 6.07 Å². The Balaban J connectivity index is 2.01. The van der Waals surface area contributed by atoms with E-state index in [1.165, 1.54) is 18.4 Å². The number of hydrogen-bond donors (Lipinski definition) is 0. The topological polar surface area (TPSA) is 0 Å². The lowest BCUT2D eigenvalue weighted by Crippen LogP contribution is -2.02. The fraction of sp³-hybridized carbons (Fsp3) is 0.524. The van der Waals surface area contributed by atoms with Gasteiger partial charge in [-0.1, -0.05) is 51.6 Å². The van der Waals surface area contributed by atoms with Crippen LogP contribution in [0.25, 0.3) is 5.57 Å². The molecule has 22 heavy (non-hydrogen) atoms. The van der Waals surface area contributed by atoms with E-state index in [0.29, 0.717) is 11.3 Å². The van der Waals surface area contributed by atoms with Gasteiger partial charge in [0.15, 0.2) is 0 Å². The summed E-state index contributed by atoms with van der Waals surface area (Å²) in [6.45, 7) is 14.8. The Morgan fingerprint density at radius 1 is 1.32 bits per heavy atom. The summed E-state index contributed by atoms with van der Waals surface area (Å²) in [5.74, 6) is 0.229. The van der Waals surface area contributed by atoms with E-state index in [2.05, 4.69) is 33.9 Å². The Bertz CT molecular complexity index is 563. The predicted molar refractivity (Wildman–Crippen MR) is 94.3 cm³/mol. The molecule has 1 aromatic carbocycles. The molecular formula is C21H29F. The summed E-state index contributed by atoms with van der Waals surface area (Å²) in [7, 11) is 0. The summed E-state index contributed by atoms with van der Waals surface area (Å²) in [5, 5.41) is 0. The third-order valence-corrected chi connectivity index (χ3v) is 5.22. The summed E-state index contributed by atoms with van der Waals surface area (Å²) in [6, 6.07) is 5.64. The minimum atomic E-state index is -0.0792. The van der Waals surface area contributed by atoms with Crippen LogP contribution in [0.5, 0.6) is 0 Å². The number of allylic oxidation sites excluding steroid dienone is 2. The first-order chi connectivity index (χ1) is 10.3. The van der Waals surface area contributed by atoms with Gasteiger partial charge in [0, 0.05) is 0 Å². The molecule has 1 aliphatic carbocycles. The van der Waals surface area contributed by atoms with Crippen molar-refractivity contribution >= 4 is 5.57 Å². The van der Waals surface area contributed by atoms with Crippen LogP contribution in [-0.2, 0) is 6.42 Å². The third-order valence-electron chi connectivity index (χ3n) is 5.22. The molecular weight excluding hydrogens is 271 g/mol. The van der Waals surface area contributed by atoms with Gasteiger partial charge in [-0.3, -0.25) is 0 Å². The first kappa shape index (κ1) is 17.0. The summed E-state index contributed by atoms with van der Waals surface area (Å²) in [6.07, 6.45) is 6.44. The number of hydrogen-bond acceptors (Lipinski definition) is 0. The Hall–Kier alpha value is -1.37. The molecule has 1 aromatic rings. The number of benzene rings is 1. The van der Waals surface area contributed by atoms with Gasteiger partial charge in [-0.15, -0.1) is 0 Å². The fourth-order valence-corrected chi connectivity index (χ4v) is 2.83. The second-order valence-electron chi connectivity index (χ2n) is 7.35. The van der Waals surface area contributed by atoms with Crippen LogP contribution >= 0.6 is 0 Å². The maximum Gasteiger partial charge on any atom is 0.127 e. The van der Waals surface area contributed by atoms with E-state index >= 15 is 0 Å². The maximum atomic E-state index is 14.3. The van der Waals surface area contributed by atoms with Crippen molar-refractivity contribution in [1.29, 1.82) is 0 Å². The second-order valence-corrected chi connectivity index (χ2v) is 7.35. The molecule has 1 atom stereocenters. The molecule has 1 heteroatoms. The van der Waals surface area contributed by atoms with Crippen molar-refractivity contribution in [3.05, 3.63) is 53.9 Å². The lowest BCUT2D eigenvalue weighted by Gasteiger charge is -2.17. The van der Waals surface area contributed by atoms with E-state index in [0.717, 1.165) is 42.4 Å². The molecule has 0 N–H and O–H groups in total. The summed E-state index contributed by atoms with van der Waals surface area (Å²) >= 11 is 0. The molecule has 0 heterocycles. The number of aryl methyl sites for hydroxylation is 1. The van der Waals surface area contributed by atoms with Gasteiger partial charge in [0.05, 0.1) is 0 Å². The average molecular weight is 300 g/mol. The molecule has 2 rings (SSSR count). The monoisotopic (exact) mass is 300 g/mol. The molecule has 0 amide bonds. The van der Waals surface area contributed by atoms with Gasteiger partial charge in [0.1, 0.15) is 5.82 Å². The van der Waals surface area contributed by atoms with Crippen molar-refractivity contribution in [2.45, 2.75) is 59.3 Å². The van der Waals surface area contributed by atoms with Crippen LogP contribution < -0.4 is 0 Å². The molecule has 0 bridgehead atoms. The number of halogens is 1. The van der Waals surface area contributed by atoms with Gasteiger partial charge in [-0.05, 0) is 72.6 Å². The Labute approximate surface area is 135 Å². The highest BCUT2D eigenvalue weighted by Crippen LogP contribution is 2.48. The highest BCUT2D eigenvalue weighted by molar-refractivity contribution is 5.65. The van der Waals surface area contributed by atoms with Crippen molar-refractivity contribution in [1.82, 2.24) is 0 Å². The smallest absolute Gasteiger partial charge is 0.127 e. The lowest BCUT2D eigenvalue weighted by molar-refractivity contribution is 0.506. The standard InChI is InChI=1S/C21H29F/c1-6-15(2)13-16(3)17(4)19-8-7-18(20(22)14-19)9-10-21(5)11-12-21/h7-8,14,16H,2,4,6,9-13H2,1,3,5H3. The highest BCUT2D eigenvalue weighted by Gasteiger charge is 2.36. The van der Waals surface area contributed by atoms with Gasteiger partial charge in [0.25, 0.3) is 0 Å². The molecule has 0 radical (unpaired) electrons. The molecule has 0 saturated heterocycles. The van der Waals surface area contributed by atoms with Gasteiger partial charge in [-0.2, -0.15) is 0 Å². The maximum absolute atomic E-state index is 14.3. The summed E-state index contributed by atoms with van der Waals surface area (Å²) in [4.78, 5) is 0. The first-order valence-corrected chi connectivity index (χ1v) is 8.49. The molecule has 1 aliphatic rings. The molecule has 0 spiro atoms. The van der Waals surface area contributed by atoms with Crippen molar-refractivity contribution in [2.24, 2.45) is 11.3 Å². The highest BCUT2D eigenvalue weighted by atomic mass is 19.1. The van der Waals surface area contributed by atoms with Crippen LogP contribution in [0.15, 0.2) is 36.9 Å². The van der Waals surface area contributed by atoms with Gasteiger partial charge >= 0.3 is 0 Å². The Kier molecular flexibility index (Phi) is 5.26. The van der Waals surface area contributed by atoms with Crippen molar-refractivity contribution in [3.8, 4) is 0 Å². The third kappa shape index (κ3) is 4.32. The van der Waals surface area contributed by atoms with E-state index in [9.17, 15) is 4.39 Å². The predicted octanol–water partition coefficient (Wildman–Crippen LogP) is 6.56. The zero-order valence-electron chi connectivity index (χ0n) is 14.3. The first-order valence-electron chi connectivity index (χ1n) is 8.49. The van der Waals surface area contributed by atoms with Gasteiger partial charge in [0.2, 0.25) is 0 Å². The van der Waals surface area contributed by atoms with Crippen LogP contribution in [0.4, 0.5) is 4.39 Å². The minimum Gasteiger partial charge on any atom is -0.207 e. The van der Waals surface area contributed by atoms with E-state index < -0.39 is 0 Å². The van der Waals surface area contributed by atoms with Crippen LogP contribution in [0.3, 0.4) is 0 Å². The SMILES string of the molecule is C=C(CC)CC(C)C(=C)c1ccc(CCC2(C)CC2)c(F)c1. The fourth-order valence-electron chi connectivity index (χ4n) is 2.83. The minimum absolute atomic E-state index is 0.0792. The van der Waals surface area contributed by atoms with Crippen LogP contribution in [-0.4, -0.2) is 0 Å². The molecule has 1 fully saturated rings. The van der Waals surface area contributed by atoms with Crippen LogP contribution in [0.1, 0.15) is 64.0 Å². The quantitative estimate of drug-likeness (QED) is 0.477. The largest absolute Gasteiger partial charge is 0.207 e. The van der Waals surface area contributed by atoms with Crippen LogP contribution in [0.2, 0.25) is 0 Å².